The highest BCUT2D eigenvalue weighted by Gasteiger charge is 2.31. The fraction of sp³-hybridized carbons (Fsp3) is 0. The Morgan fingerprint density at radius 2 is 1.03 bits per heavy atom. The van der Waals surface area contributed by atoms with E-state index in [1.807, 2.05) is 24.3 Å². The van der Waals surface area contributed by atoms with Gasteiger partial charge in [0, 0.05) is 5.56 Å². The molecule has 0 aliphatic heterocycles. The molecule has 0 aliphatic carbocycles. The maximum Gasteiger partial charge on any atom is 0.337 e. The van der Waals surface area contributed by atoms with Gasteiger partial charge in [-0.25, -0.2) is 14.4 Å². The molecular weight excluding hydrogens is 372 g/mol. The standard InChI is InChI=1S/C23H14O6/c24-21(25)18-16-10-4-3-9-15(16)17(19(22(26)27)20(18)23(28)29)14-11-5-7-12-6-1-2-8-13(12)14/h1-11H,(H,24,25)(H,26,27)(H,28,29). The van der Waals surface area contributed by atoms with Crippen LogP contribution in [0.1, 0.15) is 31.1 Å². The van der Waals surface area contributed by atoms with Crippen LogP contribution in [0.3, 0.4) is 0 Å². The van der Waals surface area contributed by atoms with Crippen molar-refractivity contribution >= 4 is 39.5 Å². The molecule has 0 bridgehead atoms. The molecule has 0 aliphatic rings. The largest absolute Gasteiger partial charge is 0.478 e. The number of fused-ring (bicyclic) bond motifs is 2. The minimum atomic E-state index is -1.60. The third-order valence-corrected chi connectivity index (χ3v) is 4.92. The van der Waals surface area contributed by atoms with Crippen molar-refractivity contribution in [2.45, 2.75) is 0 Å². The van der Waals surface area contributed by atoms with Crippen molar-refractivity contribution in [2.75, 3.05) is 0 Å². The summed E-state index contributed by atoms with van der Waals surface area (Å²) in [6.07, 6.45) is 0. The Bertz CT molecular complexity index is 1330. The summed E-state index contributed by atoms with van der Waals surface area (Å²) in [6, 6.07) is 19.0. The molecule has 0 saturated carbocycles. The lowest BCUT2D eigenvalue weighted by atomic mass is 9.84. The zero-order chi connectivity index (χ0) is 20.7. The highest BCUT2D eigenvalue weighted by Crippen LogP contribution is 2.40. The third-order valence-electron chi connectivity index (χ3n) is 4.92. The van der Waals surface area contributed by atoms with Crippen LogP contribution in [-0.4, -0.2) is 33.2 Å². The molecule has 0 heterocycles. The number of aromatic carboxylic acids is 3. The fourth-order valence-corrected chi connectivity index (χ4v) is 3.81. The smallest absolute Gasteiger partial charge is 0.337 e. The maximum absolute atomic E-state index is 12.2. The van der Waals surface area contributed by atoms with Crippen LogP contribution in [0.15, 0.2) is 66.7 Å². The first-order chi connectivity index (χ1) is 13.9. The summed E-state index contributed by atoms with van der Waals surface area (Å²) >= 11 is 0. The van der Waals surface area contributed by atoms with E-state index in [1.54, 1.807) is 36.4 Å². The number of hydrogen-bond acceptors (Lipinski definition) is 3. The van der Waals surface area contributed by atoms with Gasteiger partial charge in [-0.1, -0.05) is 66.7 Å². The number of carbonyl (C=O) groups is 3. The van der Waals surface area contributed by atoms with E-state index in [0.717, 1.165) is 10.8 Å². The summed E-state index contributed by atoms with van der Waals surface area (Å²) in [5.41, 5.74) is -1.09. The van der Waals surface area contributed by atoms with Gasteiger partial charge in [0.05, 0.1) is 16.7 Å². The van der Waals surface area contributed by atoms with Crippen molar-refractivity contribution in [3.63, 3.8) is 0 Å². The van der Waals surface area contributed by atoms with Crippen molar-refractivity contribution in [3.8, 4) is 11.1 Å². The van der Waals surface area contributed by atoms with Gasteiger partial charge in [-0.2, -0.15) is 0 Å². The molecule has 6 nitrogen and oxygen atoms in total. The zero-order valence-corrected chi connectivity index (χ0v) is 14.9. The van der Waals surface area contributed by atoms with Crippen LogP contribution < -0.4 is 0 Å². The Balaban J connectivity index is 2.33. The zero-order valence-electron chi connectivity index (χ0n) is 14.9. The quantitative estimate of drug-likeness (QED) is 0.466. The summed E-state index contributed by atoms with van der Waals surface area (Å²) < 4.78 is 0. The molecule has 4 rings (SSSR count). The van der Waals surface area contributed by atoms with E-state index >= 15 is 0 Å². The van der Waals surface area contributed by atoms with Crippen LogP contribution in [0.2, 0.25) is 0 Å². The minimum absolute atomic E-state index is 0.172. The SMILES string of the molecule is O=C(O)c1c(C(=O)O)c(-c2cccc3ccccc23)c2ccccc2c1C(=O)O. The molecule has 0 unspecified atom stereocenters. The van der Waals surface area contributed by atoms with Crippen molar-refractivity contribution in [2.24, 2.45) is 0 Å². The van der Waals surface area contributed by atoms with E-state index in [-0.39, 0.29) is 10.9 Å². The van der Waals surface area contributed by atoms with E-state index in [2.05, 4.69) is 0 Å². The van der Waals surface area contributed by atoms with Gasteiger partial charge < -0.3 is 15.3 Å². The molecule has 0 aromatic heterocycles. The van der Waals surface area contributed by atoms with Crippen LogP contribution in [-0.2, 0) is 0 Å². The first-order valence-corrected chi connectivity index (χ1v) is 8.68. The van der Waals surface area contributed by atoms with Crippen molar-refractivity contribution in [1.29, 1.82) is 0 Å². The third kappa shape index (κ3) is 2.78. The molecule has 0 spiro atoms. The van der Waals surface area contributed by atoms with Crippen LogP contribution in [0.25, 0.3) is 32.7 Å². The van der Waals surface area contributed by atoms with Gasteiger partial charge in [-0.15, -0.1) is 0 Å². The highest BCUT2D eigenvalue weighted by atomic mass is 16.4. The van der Waals surface area contributed by atoms with E-state index in [0.29, 0.717) is 10.9 Å². The second-order valence-corrected chi connectivity index (χ2v) is 6.49. The molecule has 0 fully saturated rings. The predicted octanol–water partition coefficient (Wildman–Crippen LogP) is 4.75. The van der Waals surface area contributed by atoms with Gasteiger partial charge in [-0.05, 0) is 27.1 Å². The Morgan fingerprint density at radius 3 is 1.66 bits per heavy atom. The van der Waals surface area contributed by atoms with Crippen LogP contribution in [0.5, 0.6) is 0 Å². The average Bonchev–Trinajstić information content (AvgIpc) is 2.71. The van der Waals surface area contributed by atoms with E-state index in [4.69, 9.17) is 0 Å². The van der Waals surface area contributed by atoms with Crippen LogP contribution >= 0.6 is 0 Å². The second kappa shape index (κ2) is 6.76. The van der Waals surface area contributed by atoms with Crippen LogP contribution in [0.4, 0.5) is 0 Å². The van der Waals surface area contributed by atoms with Gasteiger partial charge >= 0.3 is 17.9 Å². The molecule has 142 valence electrons. The summed E-state index contributed by atoms with van der Waals surface area (Å²) in [7, 11) is 0. The van der Waals surface area contributed by atoms with Gasteiger partial charge in [-0.3, -0.25) is 0 Å². The summed E-state index contributed by atoms with van der Waals surface area (Å²) in [4.78, 5) is 36.2. The Hall–Kier alpha value is -4.19. The summed E-state index contributed by atoms with van der Waals surface area (Å²) in [5.74, 6) is -4.60. The maximum atomic E-state index is 12.2. The number of carboxylic acids is 3. The molecule has 0 radical (unpaired) electrons. The second-order valence-electron chi connectivity index (χ2n) is 6.49. The molecule has 0 atom stereocenters. The van der Waals surface area contributed by atoms with E-state index in [9.17, 15) is 29.7 Å². The van der Waals surface area contributed by atoms with Gasteiger partial charge in [0.2, 0.25) is 0 Å². The minimum Gasteiger partial charge on any atom is -0.478 e. The molecule has 4 aromatic carbocycles. The molecule has 4 aromatic rings. The van der Waals surface area contributed by atoms with E-state index in [1.165, 1.54) is 6.07 Å². The van der Waals surface area contributed by atoms with Crippen LogP contribution in [0, 0.1) is 0 Å². The first kappa shape index (κ1) is 18.2. The Labute approximate surface area is 164 Å². The monoisotopic (exact) mass is 386 g/mol. The lowest BCUT2D eigenvalue weighted by Gasteiger charge is -2.18. The number of carboxylic acid groups (broad SMARTS) is 3. The first-order valence-electron chi connectivity index (χ1n) is 8.68. The Morgan fingerprint density at radius 1 is 0.517 bits per heavy atom. The van der Waals surface area contributed by atoms with Gasteiger partial charge in [0.25, 0.3) is 0 Å². The Kier molecular flexibility index (Phi) is 4.24. The van der Waals surface area contributed by atoms with Crippen molar-refractivity contribution < 1.29 is 29.7 Å². The molecular formula is C23H14O6. The highest BCUT2D eigenvalue weighted by molar-refractivity contribution is 6.23. The average molecular weight is 386 g/mol. The molecule has 6 heteroatoms. The summed E-state index contributed by atoms with van der Waals surface area (Å²) in [5, 5.41) is 31.5. The number of rotatable bonds is 4. The van der Waals surface area contributed by atoms with Crippen molar-refractivity contribution in [3.05, 3.63) is 83.4 Å². The molecule has 0 saturated heterocycles. The summed E-state index contributed by atoms with van der Waals surface area (Å²) in [6.45, 7) is 0. The van der Waals surface area contributed by atoms with E-state index < -0.39 is 34.6 Å². The number of benzene rings is 4. The molecule has 3 N–H and O–H groups in total. The fourth-order valence-electron chi connectivity index (χ4n) is 3.81. The normalized spacial score (nSPS) is 10.9. The molecule has 29 heavy (non-hydrogen) atoms. The molecule has 0 amide bonds. The van der Waals surface area contributed by atoms with Crippen molar-refractivity contribution in [1.82, 2.24) is 0 Å². The lowest BCUT2D eigenvalue weighted by Crippen LogP contribution is -2.17. The lowest BCUT2D eigenvalue weighted by molar-refractivity contribution is 0.0635. The predicted molar refractivity (Wildman–Crippen MR) is 108 cm³/mol. The topological polar surface area (TPSA) is 112 Å². The van der Waals surface area contributed by atoms with Gasteiger partial charge in [0.1, 0.15) is 0 Å². The number of hydrogen-bond donors (Lipinski definition) is 3. The van der Waals surface area contributed by atoms with Gasteiger partial charge in [0.15, 0.2) is 0 Å².